The van der Waals surface area contributed by atoms with E-state index in [0.29, 0.717) is 28.5 Å². The number of carbonyl (C=O) groups is 1. The minimum Gasteiger partial charge on any atom is -0.486 e. The first-order valence-corrected chi connectivity index (χ1v) is 10.7. The smallest absolute Gasteiger partial charge is 0.266 e. The van der Waals surface area contributed by atoms with Crippen LogP contribution in [-0.4, -0.2) is 12.7 Å². The van der Waals surface area contributed by atoms with Crippen LogP contribution in [0.3, 0.4) is 0 Å². The van der Waals surface area contributed by atoms with Crippen LogP contribution in [0, 0.1) is 18.3 Å². The van der Waals surface area contributed by atoms with Crippen molar-refractivity contribution < 1.29 is 19.0 Å². The van der Waals surface area contributed by atoms with Crippen molar-refractivity contribution >= 4 is 40.9 Å². The number of para-hydroxylation sites is 1. The third-order valence-corrected chi connectivity index (χ3v) is 5.47. The number of nitriles is 1. The van der Waals surface area contributed by atoms with Gasteiger partial charge in [0.15, 0.2) is 17.2 Å². The van der Waals surface area contributed by atoms with E-state index in [1.54, 1.807) is 24.3 Å². The molecule has 3 aromatic rings. The van der Waals surface area contributed by atoms with Gasteiger partial charge in [0, 0.05) is 5.69 Å². The van der Waals surface area contributed by atoms with Crippen molar-refractivity contribution in [2.45, 2.75) is 13.5 Å². The Balaban J connectivity index is 1.49. The third-order valence-electron chi connectivity index (χ3n) is 4.91. The molecule has 0 saturated heterocycles. The monoisotopic (exact) mass is 480 g/mol. The third kappa shape index (κ3) is 5.23. The van der Waals surface area contributed by atoms with Gasteiger partial charge in [0.2, 0.25) is 6.79 Å². The van der Waals surface area contributed by atoms with Gasteiger partial charge in [0.05, 0.1) is 10.0 Å². The van der Waals surface area contributed by atoms with E-state index in [0.717, 1.165) is 11.1 Å². The molecule has 0 radical (unpaired) electrons. The number of benzene rings is 3. The maximum atomic E-state index is 12.6. The fourth-order valence-electron chi connectivity index (χ4n) is 3.21. The van der Waals surface area contributed by atoms with Crippen molar-refractivity contribution in [2.24, 2.45) is 0 Å². The highest BCUT2D eigenvalue weighted by atomic mass is 35.5. The Morgan fingerprint density at radius 2 is 1.85 bits per heavy atom. The van der Waals surface area contributed by atoms with E-state index < -0.39 is 5.91 Å². The summed E-state index contributed by atoms with van der Waals surface area (Å²) in [6.45, 7) is 2.28. The predicted molar refractivity (Wildman–Crippen MR) is 127 cm³/mol. The number of anilines is 1. The molecule has 0 saturated carbocycles. The van der Waals surface area contributed by atoms with Crippen LogP contribution in [0.1, 0.15) is 16.7 Å². The molecule has 0 aliphatic carbocycles. The molecule has 4 rings (SSSR count). The molecular weight excluding hydrogens is 463 g/mol. The first-order chi connectivity index (χ1) is 15.9. The topological polar surface area (TPSA) is 80.6 Å². The normalized spacial score (nSPS) is 12.2. The number of fused-ring (bicyclic) bond motifs is 1. The Morgan fingerprint density at radius 1 is 1.12 bits per heavy atom. The molecule has 3 aromatic carbocycles. The molecule has 0 aromatic heterocycles. The van der Waals surface area contributed by atoms with Crippen LogP contribution in [0.2, 0.25) is 10.0 Å². The molecule has 0 atom stereocenters. The second-order valence-corrected chi connectivity index (χ2v) is 8.04. The number of carbonyl (C=O) groups excluding carboxylic acids is 1. The van der Waals surface area contributed by atoms with E-state index in [1.807, 2.05) is 43.3 Å². The minimum absolute atomic E-state index is 0.0839. The first-order valence-electron chi connectivity index (χ1n) is 9.94. The Morgan fingerprint density at radius 3 is 2.58 bits per heavy atom. The summed E-state index contributed by atoms with van der Waals surface area (Å²) >= 11 is 12.8. The highest BCUT2D eigenvalue weighted by molar-refractivity contribution is 6.37. The fraction of sp³-hybridized carbons (Fsp3) is 0.120. The second-order valence-electron chi connectivity index (χ2n) is 7.23. The number of nitrogens with zero attached hydrogens (tertiary/aromatic N) is 1. The molecule has 1 heterocycles. The molecule has 166 valence electrons. The maximum absolute atomic E-state index is 12.6. The number of nitrogens with one attached hydrogen (secondary N) is 1. The summed E-state index contributed by atoms with van der Waals surface area (Å²) < 4.78 is 16.5. The van der Waals surface area contributed by atoms with Crippen molar-refractivity contribution in [1.29, 1.82) is 5.26 Å². The Labute approximate surface area is 200 Å². The molecule has 1 aliphatic heterocycles. The Kier molecular flexibility index (Phi) is 6.74. The lowest BCUT2D eigenvalue weighted by Crippen LogP contribution is -2.14. The van der Waals surface area contributed by atoms with Crippen LogP contribution >= 0.6 is 23.2 Å². The summed E-state index contributed by atoms with van der Waals surface area (Å²) in [4.78, 5) is 12.6. The number of halogens is 2. The molecule has 0 spiro atoms. The number of aryl methyl sites for hydroxylation is 1. The first kappa shape index (κ1) is 22.5. The zero-order valence-corrected chi connectivity index (χ0v) is 19.0. The molecule has 6 nitrogen and oxygen atoms in total. The minimum atomic E-state index is -0.526. The van der Waals surface area contributed by atoms with Gasteiger partial charge in [-0.15, -0.1) is 0 Å². The quantitative estimate of drug-likeness (QED) is 0.337. The van der Waals surface area contributed by atoms with Gasteiger partial charge in [0.1, 0.15) is 18.2 Å². The molecule has 1 amide bonds. The number of hydrogen-bond acceptors (Lipinski definition) is 5. The standard InChI is InChI=1S/C25H18Cl2N2O4/c1-15-4-2-3-5-21(15)29-25(30)18(12-28)8-17-9-19(26)24(20(27)10-17)31-13-16-6-7-22-23(11-16)33-14-32-22/h2-11H,13-14H2,1H3,(H,29,30)/b18-8-. The lowest BCUT2D eigenvalue weighted by Gasteiger charge is -2.12. The van der Waals surface area contributed by atoms with Crippen LogP contribution in [0.15, 0.2) is 60.2 Å². The van der Waals surface area contributed by atoms with Gasteiger partial charge in [-0.2, -0.15) is 5.26 Å². The van der Waals surface area contributed by atoms with Gasteiger partial charge in [-0.05, 0) is 60.0 Å². The predicted octanol–water partition coefficient (Wildman–Crippen LogP) is 6.16. The van der Waals surface area contributed by atoms with Crippen molar-refractivity contribution in [1.82, 2.24) is 0 Å². The van der Waals surface area contributed by atoms with Crippen LogP contribution < -0.4 is 19.5 Å². The summed E-state index contributed by atoms with van der Waals surface area (Å²) in [6, 6.07) is 17.9. The van der Waals surface area contributed by atoms with Gasteiger partial charge in [-0.25, -0.2) is 0 Å². The van der Waals surface area contributed by atoms with Crippen molar-refractivity contribution in [2.75, 3.05) is 12.1 Å². The van der Waals surface area contributed by atoms with Crippen molar-refractivity contribution in [3.8, 4) is 23.3 Å². The molecule has 0 bridgehead atoms. The SMILES string of the molecule is Cc1ccccc1NC(=O)/C(C#N)=C\c1cc(Cl)c(OCc2ccc3c(c2)OCO3)c(Cl)c1. The Hall–Kier alpha value is -3.66. The van der Waals surface area contributed by atoms with Crippen LogP contribution in [0.4, 0.5) is 5.69 Å². The molecule has 33 heavy (non-hydrogen) atoms. The summed E-state index contributed by atoms with van der Waals surface area (Å²) in [5, 5.41) is 12.7. The summed E-state index contributed by atoms with van der Waals surface area (Å²) in [5.74, 6) is 1.12. The van der Waals surface area contributed by atoms with Gasteiger partial charge >= 0.3 is 0 Å². The number of rotatable bonds is 6. The van der Waals surface area contributed by atoms with E-state index in [9.17, 15) is 10.1 Å². The Bertz CT molecular complexity index is 1270. The number of hydrogen-bond donors (Lipinski definition) is 1. The molecular formula is C25H18Cl2N2O4. The van der Waals surface area contributed by atoms with E-state index in [-0.39, 0.29) is 29.0 Å². The highest BCUT2D eigenvalue weighted by Gasteiger charge is 2.16. The largest absolute Gasteiger partial charge is 0.486 e. The van der Waals surface area contributed by atoms with Gasteiger partial charge in [0.25, 0.3) is 5.91 Å². The number of amides is 1. The maximum Gasteiger partial charge on any atom is 0.266 e. The molecule has 1 aliphatic rings. The molecule has 0 unspecified atom stereocenters. The van der Waals surface area contributed by atoms with E-state index in [1.165, 1.54) is 6.08 Å². The number of ether oxygens (including phenoxy) is 3. The summed E-state index contributed by atoms with van der Waals surface area (Å²) in [7, 11) is 0. The lowest BCUT2D eigenvalue weighted by molar-refractivity contribution is -0.112. The molecule has 1 N–H and O–H groups in total. The average Bonchev–Trinajstić information content (AvgIpc) is 3.26. The zero-order valence-electron chi connectivity index (χ0n) is 17.5. The van der Waals surface area contributed by atoms with Crippen LogP contribution in [0.5, 0.6) is 17.2 Å². The fourth-order valence-corrected chi connectivity index (χ4v) is 3.82. The van der Waals surface area contributed by atoms with Crippen LogP contribution in [-0.2, 0) is 11.4 Å². The summed E-state index contributed by atoms with van der Waals surface area (Å²) in [6.07, 6.45) is 1.42. The lowest BCUT2D eigenvalue weighted by atomic mass is 10.1. The van der Waals surface area contributed by atoms with E-state index >= 15 is 0 Å². The zero-order chi connectivity index (χ0) is 23.4. The highest BCUT2D eigenvalue weighted by Crippen LogP contribution is 2.37. The molecule has 0 fully saturated rings. The van der Waals surface area contributed by atoms with Crippen molar-refractivity contribution in [3.63, 3.8) is 0 Å². The summed E-state index contributed by atoms with van der Waals surface area (Å²) in [5.41, 5.74) is 2.79. The van der Waals surface area contributed by atoms with E-state index in [4.69, 9.17) is 37.4 Å². The van der Waals surface area contributed by atoms with Gasteiger partial charge < -0.3 is 19.5 Å². The van der Waals surface area contributed by atoms with Crippen molar-refractivity contribution in [3.05, 3.63) is 86.9 Å². The van der Waals surface area contributed by atoms with Crippen LogP contribution in [0.25, 0.3) is 6.08 Å². The second kappa shape index (κ2) is 9.86. The van der Waals surface area contributed by atoms with Gasteiger partial charge in [-0.3, -0.25) is 4.79 Å². The van der Waals surface area contributed by atoms with Gasteiger partial charge in [-0.1, -0.05) is 47.5 Å². The molecule has 8 heteroatoms. The average molecular weight is 481 g/mol. The van der Waals surface area contributed by atoms with E-state index in [2.05, 4.69) is 5.32 Å².